The Morgan fingerprint density at radius 3 is 2.33 bits per heavy atom. The predicted octanol–water partition coefficient (Wildman–Crippen LogP) is 1.85. The van der Waals surface area contributed by atoms with Crippen molar-refractivity contribution in [2.45, 2.75) is 69.9 Å². The van der Waals surface area contributed by atoms with Crippen molar-refractivity contribution < 1.29 is 9.59 Å². The smallest absolute Gasteiger partial charge is 0.315 e. The molecule has 0 saturated heterocycles. The molecule has 0 heterocycles. The maximum atomic E-state index is 11.9. The Morgan fingerprint density at radius 2 is 1.67 bits per heavy atom. The lowest BCUT2D eigenvalue weighted by Crippen LogP contribution is -2.44. The maximum Gasteiger partial charge on any atom is 0.315 e. The van der Waals surface area contributed by atoms with Crippen LogP contribution in [0.5, 0.6) is 0 Å². The Kier molecular flexibility index (Phi) is 7.82. The fourth-order valence-corrected chi connectivity index (χ4v) is 3.90. The van der Waals surface area contributed by atoms with Crippen molar-refractivity contribution in [3.8, 4) is 0 Å². The van der Waals surface area contributed by atoms with Gasteiger partial charge in [0.15, 0.2) is 0 Å². The lowest BCUT2D eigenvalue weighted by Gasteiger charge is -2.21. The van der Waals surface area contributed by atoms with Crippen LogP contribution in [0.3, 0.4) is 0 Å². The van der Waals surface area contributed by atoms with Crippen LogP contribution in [-0.2, 0) is 4.79 Å². The van der Waals surface area contributed by atoms with Crippen molar-refractivity contribution in [1.29, 1.82) is 0 Å². The van der Waals surface area contributed by atoms with Crippen LogP contribution in [0.4, 0.5) is 4.79 Å². The van der Waals surface area contributed by atoms with Crippen LogP contribution in [0.15, 0.2) is 0 Å². The second-order valence-electron chi connectivity index (χ2n) is 7.59. The molecule has 0 radical (unpaired) electrons. The van der Waals surface area contributed by atoms with Gasteiger partial charge in [-0.25, -0.2) is 4.79 Å². The largest absolute Gasteiger partial charge is 0.354 e. The molecule has 2 aliphatic rings. The molecule has 0 aromatic carbocycles. The Labute approximate surface area is 146 Å². The summed E-state index contributed by atoms with van der Waals surface area (Å²) in [7, 11) is 4.17. The quantitative estimate of drug-likeness (QED) is 0.620. The summed E-state index contributed by atoms with van der Waals surface area (Å²) < 4.78 is 0. The second kappa shape index (κ2) is 9.87. The molecule has 2 aliphatic carbocycles. The molecule has 0 aliphatic heterocycles. The highest BCUT2D eigenvalue weighted by Crippen LogP contribution is 2.26. The number of urea groups is 1. The monoisotopic (exact) mass is 338 g/mol. The summed E-state index contributed by atoms with van der Waals surface area (Å²) >= 11 is 0. The van der Waals surface area contributed by atoms with Crippen LogP contribution in [-0.4, -0.2) is 56.1 Å². The summed E-state index contributed by atoms with van der Waals surface area (Å²) in [5, 5.41) is 8.78. The molecule has 2 saturated carbocycles. The second-order valence-corrected chi connectivity index (χ2v) is 7.59. The van der Waals surface area contributed by atoms with Gasteiger partial charge in [0.2, 0.25) is 5.91 Å². The summed E-state index contributed by atoms with van der Waals surface area (Å²) in [6.45, 7) is 0.982. The average molecular weight is 338 g/mol. The number of rotatable bonds is 7. The highest BCUT2D eigenvalue weighted by Gasteiger charge is 2.26. The molecule has 2 atom stereocenters. The summed E-state index contributed by atoms with van der Waals surface area (Å²) in [5.74, 6) is 0.677. The van der Waals surface area contributed by atoms with E-state index in [-0.39, 0.29) is 18.0 Å². The first-order valence-electron chi connectivity index (χ1n) is 9.52. The third kappa shape index (κ3) is 6.67. The molecule has 2 fully saturated rings. The number of carbonyl (C=O) groups excluding carboxylic acids is 2. The van der Waals surface area contributed by atoms with E-state index in [1.165, 1.54) is 32.1 Å². The highest BCUT2D eigenvalue weighted by atomic mass is 16.2. The van der Waals surface area contributed by atoms with E-state index in [2.05, 4.69) is 34.9 Å². The molecule has 2 rings (SSSR count). The van der Waals surface area contributed by atoms with Gasteiger partial charge in [0.05, 0.1) is 0 Å². The van der Waals surface area contributed by atoms with Gasteiger partial charge in [-0.3, -0.25) is 4.79 Å². The van der Waals surface area contributed by atoms with Crippen LogP contribution in [0.25, 0.3) is 0 Å². The fourth-order valence-electron chi connectivity index (χ4n) is 3.90. The summed E-state index contributed by atoms with van der Waals surface area (Å²) in [5.41, 5.74) is 0. The number of carbonyl (C=O) groups is 2. The number of hydrogen-bond acceptors (Lipinski definition) is 3. The van der Waals surface area contributed by atoms with Crippen LogP contribution in [0.2, 0.25) is 0 Å². The number of hydrogen-bond donors (Lipinski definition) is 3. The van der Waals surface area contributed by atoms with E-state index in [1.807, 2.05) is 0 Å². The molecular weight excluding hydrogens is 304 g/mol. The normalized spacial score (nSPS) is 24.8. The highest BCUT2D eigenvalue weighted by molar-refractivity contribution is 5.76. The maximum absolute atomic E-state index is 11.9. The van der Waals surface area contributed by atoms with Crippen LogP contribution in [0, 0.1) is 5.92 Å². The topological polar surface area (TPSA) is 73.5 Å². The van der Waals surface area contributed by atoms with Crippen molar-refractivity contribution >= 4 is 11.9 Å². The summed E-state index contributed by atoms with van der Waals surface area (Å²) in [4.78, 5) is 26.0. The fraction of sp³-hybridized carbons (Fsp3) is 0.889. The standard InChI is InChI=1S/C18H34N4O2/c1-22(2)16-9-8-15(13-16)21-18(24)20-11-10-19-17(23)12-14-6-4-3-5-7-14/h14-16H,3-13H2,1-2H3,(H,19,23)(H2,20,21,24)/t15-,16+/m1/s1. The Morgan fingerprint density at radius 1 is 0.958 bits per heavy atom. The van der Waals surface area contributed by atoms with Gasteiger partial charge in [0.1, 0.15) is 0 Å². The first-order chi connectivity index (χ1) is 11.5. The van der Waals surface area contributed by atoms with Crippen LogP contribution < -0.4 is 16.0 Å². The third-order valence-electron chi connectivity index (χ3n) is 5.40. The molecule has 0 aromatic rings. The Balaban J connectivity index is 1.50. The molecule has 138 valence electrons. The van der Waals surface area contributed by atoms with Gasteiger partial charge in [0.25, 0.3) is 0 Å². The van der Waals surface area contributed by atoms with E-state index < -0.39 is 0 Å². The third-order valence-corrected chi connectivity index (χ3v) is 5.40. The van der Waals surface area contributed by atoms with Gasteiger partial charge in [-0.2, -0.15) is 0 Å². The molecule has 3 N–H and O–H groups in total. The van der Waals surface area contributed by atoms with E-state index in [9.17, 15) is 9.59 Å². The molecule has 6 heteroatoms. The van der Waals surface area contributed by atoms with Crippen LogP contribution >= 0.6 is 0 Å². The van der Waals surface area contributed by atoms with Gasteiger partial charge in [-0.05, 0) is 52.1 Å². The first-order valence-corrected chi connectivity index (χ1v) is 9.52. The van der Waals surface area contributed by atoms with Crippen molar-refractivity contribution in [3.63, 3.8) is 0 Å². The molecule has 24 heavy (non-hydrogen) atoms. The molecule has 0 bridgehead atoms. The molecule has 0 aromatic heterocycles. The number of nitrogens with zero attached hydrogens (tertiary/aromatic N) is 1. The van der Waals surface area contributed by atoms with Gasteiger partial charge >= 0.3 is 6.03 Å². The van der Waals surface area contributed by atoms with E-state index in [4.69, 9.17) is 0 Å². The Bertz CT molecular complexity index is 408. The van der Waals surface area contributed by atoms with Gasteiger partial charge in [0, 0.05) is 31.6 Å². The van der Waals surface area contributed by atoms with Gasteiger partial charge in [-0.15, -0.1) is 0 Å². The van der Waals surface area contributed by atoms with E-state index in [1.54, 1.807) is 0 Å². The van der Waals surface area contributed by atoms with Gasteiger partial charge < -0.3 is 20.9 Å². The molecular formula is C18H34N4O2. The van der Waals surface area contributed by atoms with Crippen molar-refractivity contribution in [1.82, 2.24) is 20.9 Å². The first kappa shape index (κ1) is 19.0. The lowest BCUT2D eigenvalue weighted by molar-refractivity contribution is -0.122. The molecule has 0 spiro atoms. The van der Waals surface area contributed by atoms with E-state index in [0.717, 1.165) is 19.3 Å². The van der Waals surface area contributed by atoms with Crippen molar-refractivity contribution in [3.05, 3.63) is 0 Å². The number of nitrogens with one attached hydrogen (secondary N) is 3. The summed E-state index contributed by atoms with van der Waals surface area (Å²) in [6.07, 6.45) is 10.0. The zero-order valence-electron chi connectivity index (χ0n) is 15.3. The minimum absolute atomic E-state index is 0.119. The van der Waals surface area contributed by atoms with E-state index in [0.29, 0.717) is 31.5 Å². The minimum Gasteiger partial charge on any atom is -0.354 e. The van der Waals surface area contributed by atoms with Crippen molar-refractivity contribution in [2.24, 2.45) is 5.92 Å². The number of amides is 3. The van der Waals surface area contributed by atoms with E-state index >= 15 is 0 Å². The molecule has 3 amide bonds. The molecule has 6 nitrogen and oxygen atoms in total. The minimum atomic E-state index is -0.124. The zero-order valence-corrected chi connectivity index (χ0v) is 15.3. The van der Waals surface area contributed by atoms with Gasteiger partial charge in [-0.1, -0.05) is 19.3 Å². The van der Waals surface area contributed by atoms with Crippen molar-refractivity contribution in [2.75, 3.05) is 27.2 Å². The zero-order chi connectivity index (χ0) is 17.4. The SMILES string of the molecule is CN(C)[C@H]1CC[C@@H](NC(=O)NCCNC(=O)CC2CCCCC2)C1. The Hall–Kier alpha value is -1.30. The lowest BCUT2D eigenvalue weighted by atomic mass is 9.87. The average Bonchev–Trinajstić information content (AvgIpc) is 3.01. The predicted molar refractivity (Wildman–Crippen MR) is 95.9 cm³/mol. The summed E-state index contributed by atoms with van der Waals surface area (Å²) in [6, 6.07) is 0.702. The molecule has 0 unspecified atom stereocenters. The van der Waals surface area contributed by atoms with Crippen LogP contribution in [0.1, 0.15) is 57.8 Å².